The third-order valence-corrected chi connectivity index (χ3v) is 2.75. The fourth-order valence-corrected chi connectivity index (χ4v) is 1.73. The Balaban J connectivity index is 2.86. The van der Waals surface area contributed by atoms with Gasteiger partial charge in [0, 0.05) is 24.2 Å². The predicted molar refractivity (Wildman–Crippen MR) is 74.2 cm³/mol. The molecule has 0 heterocycles. The number of halogens is 3. The summed E-state index contributed by atoms with van der Waals surface area (Å²) in [7, 11) is 0. The summed E-state index contributed by atoms with van der Waals surface area (Å²) in [5.41, 5.74) is 10.1. The number of thiocarbonyl (C=S) groups is 1. The summed E-state index contributed by atoms with van der Waals surface area (Å²) in [5.74, 6) is -0.436. The standard InChI is InChI=1S/C12H14F3N3OS/c13-12(14,15)7-3-4-9(8(6-7)11(17)20)18-5-1-2-10(16)19/h3-4,6,18H,1-2,5H2,(H2,16,19)(H2,17,20). The Morgan fingerprint density at radius 2 is 1.95 bits per heavy atom. The van der Waals surface area contributed by atoms with E-state index in [2.05, 4.69) is 5.32 Å². The van der Waals surface area contributed by atoms with Crippen LogP contribution in [0.25, 0.3) is 0 Å². The molecule has 0 aliphatic carbocycles. The van der Waals surface area contributed by atoms with Crippen LogP contribution in [0.15, 0.2) is 18.2 Å². The SMILES string of the molecule is NC(=O)CCCNc1ccc(C(F)(F)F)cc1C(N)=S. The predicted octanol–water partition coefficient (Wildman–Crippen LogP) is 2.02. The van der Waals surface area contributed by atoms with Gasteiger partial charge in [0.15, 0.2) is 0 Å². The number of anilines is 1. The van der Waals surface area contributed by atoms with E-state index in [1.54, 1.807) is 0 Å². The fourth-order valence-electron chi connectivity index (χ4n) is 1.56. The van der Waals surface area contributed by atoms with Crippen molar-refractivity contribution >= 4 is 28.8 Å². The van der Waals surface area contributed by atoms with Crippen LogP contribution in [0.2, 0.25) is 0 Å². The minimum absolute atomic E-state index is 0.119. The summed E-state index contributed by atoms with van der Waals surface area (Å²) < 4.78 is 37.8. The lowest BCUT2D eigenvalue weighted by Crippen LogP contribution is -2.17. The summed E-state index contributed by atoms with van der Waals surface area (Å²) in [6, 6.07) is 3.11. The van der Waals surface area contributed by atoms with Crippen LogP contribution in [-0.4, -0.2) is 17.4 Å². The molecule has 8 heteroatoms. The van der Waals surface area contributed by atoms with Crippen LogP contribution in [0.1, 0.15) is 24.0 Å². The molecule has 0 aliphatic heterocycles. The van der Waals surface area contributed by atoms with Gasteiger partial charge in [-0.15, -0.1) is 0 Å². The summed E-state index contributed by atoms with van der Waals surface area (Å²) >= 11 is 4.75. The largest absolute Gasteiger partial charge is 0.416 e. The molecule has 0 saturated heterocycles. The van der Waals surface area contributed by atoms with Crippen molar-refractivity contribution in [2.24, 2.45) is 11.5 Å². The summed E-state index contributed by atoms with van der Waals surface area (Å²) in [4.78, 5) is 10.4. The van der Waals surface area contributed by atoms with Crippen molar-refractivity contribution in [3.8, 4) is 0 Å². The summed E-state index contributed by atoms with van der Waals surface area (Å²) in [6.07, 6.45) is -3.80. The second kappa shape index (κ2) is 6.56. The second-order valence-electron chi connectivity index (χ2n) is 4.12. The van der Waals surface area contributed by atoms with Gasteiger partial charge in [-0.2, -0.15) is 13.2 Å². The van der Waals surface area contributed by atoms with Gasteiger partial charge in [-0.1, -0.05) is 12.2 Å². The van der Waals surface area contributed by atoms with Crippen LogP contribution in [0.5, 0.6) is 0 Å². The number of nitrogens with one attached hydrogen (secondary N) is 1. The molecule has 5 N–H and O–H groups in total. The number of hydrogen-bond donors (Lipinski definition) is 3. The monoisotopic (exact) mass is 305 g/mol. The second-order valence-corrected chi connectivity index (χ2v) is 4.56. The Morgan fingerprint density at radius 1 is 1.30 bits per heavy atom. The maximum absolute atomic E-state index is 12.6. The van der Waals surface area contributed by atoms with Crippen LogP contribution in [0.3, 0.4) is 0 Å². The van der Waals surface area contributed by atoms with Crippen molar-refractivity contribution in [1.82, 2.24) is 0 Å². The van der Waals surface area contributed by atoms with Gasteiger partial charge in [0.1, 0.15) is 4.99 Å². The van der Waals surface area contributed by atoms with Gasteiger partial charge in [0.2, 0.25) is 5.91 Å². The number of hydrogen-bond acceptors (Lipinski definition) is 3. The van der Waals surface area contributed by atoms with Crippen molar-refractivity contribution < 1.29 is 18.0 Å². The van der Waals surface area contributed by atoms with Crippen LogP contribution < -0.4 is 16.8 Å². The molecule has 0 aromatic heterocycles. The number of primary amides is 1. The average molecular weight is 305 g/mol. The van der Waals surface area contributed by atoms with Crippen molar-refractivity contribution in [1.29, 1.82) is 0 Å². The van der Waals surface area contributed by atoms with E-state index in [0.717, 1.165) is 12.1 Å². The van der Waals surface area contributed by atoms with Gasteiger partial charge < -0.3 is 16.8 Å². The maximum atomic E-state index is 12.6. The van der Waals surface area contributed by atoms with Gasteiger partial charge in [0.25, 0.3) is 0 Å². The van der Waals surface area contributed by atoms with Gasteiger partial charge in [-0.25, -0.2) is 0 Å². The number of benzene rings is 1. The van der Waals surface area contributed by atoms with E-state index in [1.165, 1.54) is 6.07 Å². The molecule has 0 fully saturated rings. The lowest BCUT2D eigenvalue weighted by molar-refractivity contribution is -0.137. The van der Waals surface area contributed by atoms with Crippen molar-refractivity contribution in [2.45, 2.75) is 19.0 Å². The van der Waals surface area contributed by atoms with Gasteiger partial charge in [0.05, 0.1) is 5.56 Å². The molecule has 0 unspecified atom stereocenters. The number of rotatable bonds is 6. The number of nitrogens with two attached hydrogens (primary N) is 2. The fraction of sp³-hybridized carbons (Fsp3) is 0.333. The van der Waals surface area contributed by atoms with E-state index in [0.29, 0.717) is 18.7 Å². The van der Waals surface area contributed by atoms with Crippen molar-refractivity contribution in [3.05, 3.63) is 29.3 Å². The molecule has 1 amide bonds. The van der Waals surface area contributed by atoms with E-state index in [1.807, 2.05) is 0 Å². The van der Waals surface area contributed by atoms with E-state index in [9.17, 15) is 18.0 Å². The molecular weight excluding hydrogens is 291 g/mol. The third-order valence-electron chi connectivity index (χ3n) is 2.53. The molecule has 1 rings (SSSR count). The van der Waals surface area contributed by atoms with Crippen LogP contribution >= 0.6 is 12.2 Å². The highest BCUT2D eigenvalue weighted by Gasteiger charge is 2.31. The number of carbonyl (C=O) groups excluding carboxylic acids is 1. The van der Waals surface area contributed by atoms with E-state index in [4.69, 9.17) is 23.7 Å². The van der Waals surface area contributed by atoms with Crippen LogP contribution in [0, 0.1) is 0 Å². The van der Waals surface area contributed by atoms with Gasteiger partial charge >= 0.3 is 6.18 Å². The first-order valence-corrected chi connectivity index (χ1v) is 6.16. The van der Waals surface area contributed by atoms with Crippen LogP contribution in [-0.2, 0) is 11.0 Å². The molecule has 0 saturated carbocycles. The maximum Gasteiger partial charge on any atom is 0.416 e. The number of carbonyl (C=O) groups is 1. The Hall–Kier alpha value is -1.83. The number of amides is 1. The Labute approximate surface area is 119 Å². The first-order chi connectivity index (χ1) is 9.21. The molecule has 1 aromatic carbocycles. The average Bonchev–Trinajstić information content (AvgIpc) is 2.33. The molecule has 0 aliphatic rings. The third kappa shape index (κ3) is 4.69. The lowest BCUT2D eigenvalue weighted by atomic mass is 10.1. The molecule has 4 nitrogen and oxygen atoms in total. The highest BCUT2D eigenvalue weighted by Crippen LogP contribution is 2.31. The summed E-state index contributed by atoms with van der Waals surface area (Å²) in [5, 5.41) is 2.89. The zero-order chi connectivity index (χ0) is 15.3. The van der Waals surface area contributed by atoms with E-state index >= 15 is 0 Å². The van der Waals surface area contributed by atoms with Crippen molar-refractivity contribution in [3.63, 3.8) is 0 Å². The molecule has 0 radical (unpaired) electrons. The van der Waals surface area contributed by atoms with Crippen molar-refractivity contribution in [2.75, 3.05) is 11.9 Å². The molecule has 110 valence electrons. The quantitative estimate of drug-likeness (QED) is 0.555. The molecule has 20 heavy (non-hydrogen) atoms. The molecular formula is C12H14F3N3OS. The zero-order valence-corrected chi connectivity index (χ0v) is 11.3. The normalized spacial score (nSPS) is 11.2. The minimum Gasteiger partial charge on any atom is -0.389 e. The van der Waals surface area contributed by atoms with Crippen LogP contribution in [0.4, 0.5) is 18.9 Å². The zero-order valence-electron chi connectivity index (χ0n) is 10.5. The van der Waals surface area contributed by atoms with Gasteiger partial charge in [-0.3, -0.25) is 4.79 Å². The highest BCUT2D eigenvalue weighted by molar-refractivity contribution is 7.80. The first kappa shape index (κ1) is 16.2. The lowest BCUT2D eigenvalue weighted by Gasteiger charge is -2.14. The Bertz CT molecular complexity index is 517. The smallest absolute Gasteiger partial charge is 0.389 e. The highest BCUT2D eigenvalue weighted by atomic mass is 32.1. The van der Waals surface area contributed by atoms with Gasteiger partial charge in [-0.05, 0) is 24.6 Å². The number of alkyl halides is 3. The summed E-state index contributed by atoms with van der Waals surface area (Å²) in [6.45, 7) is 0.379. The topological polar surface area (TPSA) is 81.1 Å². The Kier molecular flexibility index (Phi) is 5.32. The van der Waals surface area contributed by atoms with E-state index in [-0.39, 0.29) is 17.0 Å². The molecule has 0 atom stereocenters. The first-order valence-electron chi connectivity index (χ1n) is 5.75. The Morgan fingerprint density at radius 3 is 2.45 bits per heavy atom. The molecule has 1 aromatic rings. The minimum atomic E-state index is -4.45. The van der Waals surface area contributed by atoms with E-state index < -0.39 is 17.6 Å². The molecule has 0 bridgehead atoms. The molecule has 0 spiro atoms.